The van der Waals surface area contributed by atoms with Gasteiger partial charge in [-0.15, -0.1) is 24.8 Å². The van der Waals surface area contributed by atoms with E-state index in [4.69, 9.17) is 0 Å². The normalized spacial score (nSPS) is 22.1. The number of hydrogen-bond acceptors (Lipinski definition) is 4. The van der Waals surface area contributed by atoms with Gasteiger partial charge in [0.2, 0.25) is 5.91 Å². The molecule has 0 radical (unpaired) electrons. The Bertz CT molecular complexity index is 519. The van der Waals surface area contributed by atoms with Gasteiger partial charge in [-0.2, -0.15) is 0 Å². The summed E-state index contributed by atoms with van der Waals surface area (Å²) in [5, 5.41) is 16.7. The van der Waals surface area contributed by atoms with Gasteiger partial charge in [0.15, 0.2) is 0 Å². The molecule has 0 saturated carbocycles. The lowest BCUT2D eigenvalue weighted by molar-refractivity contribution is -0.123. The third-order valence-corrected chi connectivity index (χ3v) is 5.26. The summed E-state index contributed by atoms with van der Waals surface area (Å²) >= 11 is 0. The summed E-state index contributed by atoms with van der Waals surface area (Å²) in [5.74, 6) is 0.718. The number of rotatable bonds is 6. The van der Waals surface area contributed by atoms with E-state index >= 15 is 0 Å². The number of nitrogens with one attached hydrogen (secondary N) is 2. The Morgan fingerprint density at radius 3 is 2.50 bits per heavy atom. The average Bonchev–Trinajstić information content (AvgIpc) is 3.16. The molecule has 0 bridgehead atoms. The second-order valence-electron chi connectivity index (χ2n) is 7.06. The van der Waals surface area contributed by atoms with E-state index in [1.54, 1.807) is 0 Å². The highest BCUT2D eigenvalue weighted by Crippen LogP contribution is 2.20. The number of benzene rings is 1. The molecule has 7 heteroatoms. The molecule has 148 valence electrons. The van der Waals surface area contributed by atoms with Crippen LogP contribution in [0.25, 0.3) is 0 Å². The van der Waals surface area contributed by atoms with Gasteiger partial charge in [-0.25, -0.2) is 0 Å². The molecule has 2 atom stereocenters. The van der Waals surface area contributed by atoms with Crippen molar-refractivity contribution in [2.45, 2.75) is 37.8 Å². The molecule has 2 fully saturated rings. The molecule has 26 heavy (non-hydrogen) atoms. The summed E-state index contributed by atoms with van der Waals surface area (Å²) in [5.41, 5.74) is 0.982. The van der Waals surface area contributed by atoms with Crippen molar-refractivity contribution in [3.8, 4) is 0 Å². The molecule has 2 heterocycles. The number of halogens is 2. The van der Waals surface area contributed by atoms with Gasteiger partial charge in [0.1, 0.15) is 0 Å². The molecule has 3 N–H and O–H groups in total. The first kappa shape index (κ1) is 23.2. The van der Waals surface area contributed by atoms with Crippen LogP contribution in [0, 0.1) is 5.92 Å². The van der Waals surface area contributed by atoms with Crippen molar-refractivity contribution in [2.75, 3.05) is 32.7 Å². The summed E-state index contributed by atoms with van der Waals surface area (Å²) in [7, 11) is 0. The molecular formula is C19H31Cl2N3O2. The van der Waals surface area contributed by atoms with Crippen molar-refractivity contribution in [1.82, 2.24) is 15.5 Å². The Kier molecular flexibility index (Phi) is 10.5. The predicted octanol–water partition coefficient (Wildman–Crippen LogP) is 2.14. The minimum Gasteiger partial charge on any atom is -0.387 e. The number of piperidine rings is 1. The van der Waals surface area contributed by atoms with Crippen molar-refractivity contribution in [1.29, 1.82) is 0 Å². The maximum absolute atomic E-state index is 12.0. The Morgan fingerprint density at radius 1 is 1.19 bits per heavy atom. The van der Waals surface area contributed by atoms with Crippen LogP contribution in [0.3, 0.4) is 0 Å². The van der Waals surface area contributed by atoms with Gasteiger partial charge >= 0.3 is 0 Å². The van der Waals surface area contributed by atoms with Gasteiger partial charge in [-0.1, -0.05) is 30.3 Å². The fourth-order valence-electron chi connectivity index (χ4n) is 3.67. The number of carbonyl (C=O) groups excluding carboxylic acids is 1. The van der Waals surface area contributed by atoms with Crippen LogP contribution in [0.15, 0.2) is 30.3 Å². The highest BCUT2D eigenvalue weighted by atomic mass is 35.5. The van der Waals surface area contributed by atoms with Crippen LogP contribution in [-0.2, 0) is 4.79 Å². The van der Waals surface area contributed by atoms with Crippen LogP contribution >= 0.6 is 24.8 Å². The van der Waals surface area contributed by atoms with Crippen molar-refractivity contribution < 1.29 is 9.90 Å². The third kappa shape index (κ3) is 6.71. The topological polar surface area (TPSA) is 64.6 Å². The van der Waals surface area contributed by atoms with Crippen LogP contribution in [0.4, 0.5) is 0 Å². The van der Waals surface area contributed by atoms with Crippen LogP contribution in [0.2, 0.25) is 0 Å². The zero-order chi connectivity index (χ0) is 16.8. The van der Waals surface area contributed by atoms with E-state index in [0.29, 0.717) is 12.5 Å². The van der Waals surface area contributed by atoms with Gasteiger partial charge in [-0.3, -0.25) is 4.79 Å². The van der Waals surface area contributed by atoms with E-state index in [1.165, 1.54) is 0 Å². The number of amides is 1. The average molecular weight is 404 g/mol. The quantitative estimate of drug-likeness (QED) is 0.680. The molecule has 1 amide bonds. The standard InChI is InChI=1S/C19H29N3O2.2ClH/c23-18(16-5-2-1-3-6-16)14-22-11-8-15(9-12-22)13-21-19(24)17-7-4-10-20-17;;/h1-3,5-6,15,17-18,20,23H,4,7-14H2,(H,21,24);2*1H. The summed E-state index contributed by atoms with van der Waals surface area (Å²) in [6.07, 6.45) is 3.80. The molecule has 1 aromatic rings. The van der Waals surface area contributed by atoms with E-state index in [2.05, 4.69) is 15.5 Å². The minimum atomic E-state index is -0.420. The van der Waals surface area contributed by atoms with Gasteiger partial charge in [-0.05, 0) is 56.8 Å². The highest BCUT2D eigenvalue weighted by Gasteiger charge is 2.25. The van der Waals surface area contributed by atoms with E-state index in [1.807, 2.05) is 30.3 Å². The lowest BCUT2D eigenvalue weighted by Crippen LogP contribution is -2.44. The van der Waals surface area contributed by atoms with E-state index in [9.17, 15) is 9.90 Å². The zero-order valence-corrected chi connectivity index (χ0v) is 16.7. The number of aliphatic hydroxyl groups is 1. The lowest BCUT2D eigenvalue weighted by atomic mass is 9.96. The molecule has 0 aromatic heterocycles. The van der Waals surface area contributed by atoms with Crippen LogP contribution in [0.1, 0.15) is 37.4 Å². The Hall–Kier alpha value is -0.850. The lowest BCUT2D eigenvalue weighted by Gasteiger charge is -2.33. The van der Waals surface area contributed by atoms with Crippen LogP contribution < -0.4 is 10.6 Å². The highest BCUT2D eigenvalue weighted by molar-refractivity contribution is 5.85. The second kappa shape index (κ2) is 11.8. The number of likely N-dealkylation sites (tertiary alicyclic amines) is 1. The molecule has 2 unspecified atom stereocenters. The maximum atomic E-state index is 12.0. The van der Waals surface area contributed by atoms with E-state index in [-0.39, 0.29) is 36.8 Å². The number of nitrogens with zero attached hydrogens (tertiary/aromatic N) is 1. The van der Waals surface area contributed by atoms with Crippen molar-refractivity contribution in [3.05, 3.63) is 35.9 Å². The SMILES string of the molecule is Cl.Cl.O=C(NCC1CCN(CC(O)c2ccccc2)CC1)C1CCCN1. The third-order valence-electron chi connectivity index (χ3n) is 5.26. The first-order chi connectivity index (χ1) is 11.7. The number of hydrogen-bond donors (Lipinski definition) is 3. The van der Waals surface area contributed by atoms with Crippen LogP contribution in [0.5, 0.6) is 0 Å². The first-order valence-corrected chi connectivity index (χ1v) is 9.19. The summed E-state index contributed by atoms with van der Waals surface area (Å²) in [6, 6.07) is 9.87. The van der Waals surface area contributed by atoms with Crippen molar-refractivity contribution >= 4 is 30.7 Å². The fraction of sp³-hybridized carbons (Fsp3) is 0.632. The Balaban J connectivity index is 0.00000169. The molecule has 1 aromatic carbocycles. The van der Waals surface area contributed by atoms with Gasteiger partial charge in [0.25, 0.3) is 0 Å². The van der Waals surface area contributed by atoms with Crippen molar-refractivity contribution in [3.63, 3.8) is 0 Å². The van der Waals surface area contributed by atoms with Crippen LogP contribution in [-0.4, -0.2) is 54.7 Å². The second-order valence-corrected chi connectivity index (χ2v) is 7.06. The number of aliphatic hydroxyl groups excluding tert-OH is 1. The molecule has 3 rings (SSSR count). The molecule has 2 aliphatic heterocycles. The molecule has 2 aliphatic rings. The zero-order valence-electron chi connectivity index (χ0n) is 15.1. The maximum Gasteiger partial charge on any atom is 0.237 e. The number of carbonyl (C=O) groups is 1. The molecule has 5 nitrogen and oxygen atoms in total. The van der Waals surface area contributed by atoms with Gasteiger partial charge < -0.3 is 20.6 Å². The minimum absolute atomic E-state index is 0. The van der Waals surface area contributed by atoms with E-state index < -0.39 is 6.10 Å². The summed E-state index contributed by atoms with van der Waals surface area (Å²) < 4.78 is 0. The largest absolute Gasteiger partial charge is 0.387 e. The van der Waals surface area contributed by atoms with Crippen molar-refractivity contribution in [2.24, 2.45) is 5.92 Å². The monoisotopic (exact) mass is 403 g/mol. The fourth-order valence-corrected chi connectivity index (χ4v) is 3.67. The molecule has 0 spiro atoms. The van der Waals surface area contributed by atoms with E-state index in [0.717, 1.165) is 57.4 Å². The van der Waals surface area contributed by atoms with Gasteiger partial charge in [0.05, 0.1) is 12.1 Å². The summed E-state index contributed by atoms with van der Waals surface area (Å²) in [4.78, 5) is 14.4. The number of β-amino-alcohol motifs (C(OH)–C–C–N with tert-alkyl or cyclic N) is 1. The van der Waals surface area contributed by atoms with Gasteiger partial charge in [0, 0.05) is 13.1 Å². The molecule has 2 saturated heterocycles. The first-order valence-electron chi connectivity index (χ1n) is 9.19. The molecule has 0 aliphatic carbocycles. The summed E-state index contributed by atoms with van der Waals surface area (Å²) in [6.45, 7) is 4.42. The smallest absolute Gasteiger partial charge is 0.237 e. The Labute approximate surface area is 168 Å². The Morgan fingerprint density at radius 2 is 1.88 bits per heavy atom. The molecular weight excluding hydrogens is 373 g/mol. The predicted molar refractivity (Wildman–Crippen MR) is 109 cm³/mol.